The number of aromatic nitrogens is 3. The number of thiazole rings is 1. The van der Waals surface area contributed by atoms with Crippen LogP contribution in [0.3, 0.4) is 0 Å². The Balaban J connectivity index is 1.47. The number of rotatable bonds is 6. The zero-order valence-electron chi connectivity index (χ0n) is 16.9. The van der Waals surface area contributed by atoms with E-state index in [0.29, 0.717) is 11.6 Å². The third-order valence-corrected chi connectivity index (χ3v) is 7.54. The number of thioether (sulfide) groups is 1. The van der Waals surface area contributed by atoms with E-state index >= 15 is 0 Å². The summed E-state index contributed by atoms with van der Waals surface area (Å²) >= 11 is 3.40. The highest BCUT2D eigenvalue weighted by atomic mass is 32.2. The van der Waals surface area contributed by atoms with Crippen LogP contribution in [-0.2, 0) is 5.75 Å². The molecule has 0 unspecified atom stereocenters. The van der Waals surface area contributed by atoms with Gasteiger partial charge in [0, 0.05) is 34.0 Å². The number of nitrogens with two attached hydrogens (primary N) is 1. The number of imidazole rings is 1. The van der Waals surface area contributed by atoms with Crippen molar-refractivity contribution in [2.75, 3.05) is 0 Å². The normalized spacial score (nSPS) is 15.0. The summed E-state index contributed by atoms with van der Waals surface area (Å²) in [6, 6.07) is 7.89. The molecule has 1 aliphatic rings. The SMILES string of the molecule is Cc1nc(SCc2csc(-c3ccc(C(N)=O)cc3)n2)n(C2CCCCC2)c1C. The predicted octanol–water partition coefficient (Wildman–Crippen LogP) is 5.52. The van der Waals surface area contributed by atoms with E-state index in [0.717, 1.165) is 32.9 Å². The maximum absolute atomic E-state index is 11.2. The summed E-state index contributed by atoms with van der Waals surface area (Å²) in [5.74, 6) is 0.394. The minimum absolute atomic E-state index is 0.410. The van der Waals surface area contributed by atoms with Gasteiger partial charge >= 0.3 is 0 Å². The second-order valence-electron chi connectivity index (χ2n) is 7.60. The van der Waals surface area contributed by atoms with Crippen LogP contribution >= 0.6 is 23.1 Å². The molecule has 29 heavy (non-hydrogen) atoms. The monoisotopic (exact) mass is 426 g/mol. The van der Waals surface area contributed by atoms with E-state index in [1.165, 1.54) is 37.8 Å². The summed E-state index contributed by atoms with van der Waals surface area (Å²) in [5.41, 5.74) is 10.3. The molecular weight excluding hydrogens is 400 g/mol. The van der Waals surface area contributed by atoms with Crippen LogP contribution in [0.4, 0.5) is 0 Å². The fourth-order valence-electron chi connectivity index (χ4n) is 3.89. The van der Waals surface area contributed by atoms with E-state index in [9.17, 15) is 4.79 Å². The number of amides is 1. The molecule has 1 aromatic carbocycles. The summed E-state index contributed by atoms with van der Waals surface area (Å²) in [4.78, 5) is 20.9. The van der Waals surface area contributed by atoms with E-state index < -0.39 is 5.91 Å². The van der Waals surface area contributed by atoms with Crippen molar-refractivity contribution < 1.29 is 4.79 Å². The molecule has 2 N–H and O–H groups in total. The van der Waals surface area contributed by atoms with Crippen molar-refractivity contribution in [3.8, 4) is 10.6 Å². The highest BCUT2D eigenvalue weighted by Crippen LogP contribution is 2.35. The standard InChI is InChI=1S/C22H26N4OS2/c1-14-15(2)26(19-6-4-3-5-7-19)22(24-14)29-13-18-12-28-21(25-18)17-10-8-16(9-11-17)20(23)27/h8-12,19H,3-7,13H2,1-2H3,(H2,23,27). The van der Waals surface area contributed by atoms with Crippen LogP contribution < -0.4 is 5.73 Å². The minimum atomic E-state index is -0.410. The van der Waals surface area contributed by atoms with Gasteiger partial charge in [0.05, 0.1) is 11.4 Å². The lowest BCUT2D eigenvalue weighted by atomic mass is 9.95. The minimum Gasteiger partial charge on any atom is -0.366 e. The summed E-state index contributed by atoms with van der Waals surface area (Å²) in [5, 5.41) is 4.18. The quantitative estimate of drug-likeness (QED) is 0.527. The summed E-state index contributed by atoms with van der Waals surface area (Å²) < 4.78 is 2.47. The third-order valence-electron chi connectivity index (χ3n) is 5.61. The Morgan fingerprint density at radius 1 is 1.17 bits per heavy atom. The van der Waals surface area contributed by atoms with E-state index in [4.69, 9.17) is 15.7 Å². The average Bonchev–Trinajstić information content (AvgIpc) is 3.32. The lowest BCUT2D eigenvalue weighted by molar-refractivity contribution is 0.100. The fourth-order valence-corrected chi connectivity index (χ4v) is 5.87. The predicted molar refractivity (Wildman–Crippen MR) is 119 cm³/mol. The van der Waals surface area contributed by atoms with E-state index in [1.54, 1.807) is 35.2 Å². The third kappa shape index (κ3) is 4.41. The van der Waals surface area contributed by atoms with Gasteiger partial charge in [0.2, 0.25) is 5.91 Å². The first-order chi connectivity index (χ1) is 14.0. The lowest BCUT2D eigenvalue weighted by Crippen LogP contribution is -2.15. The molecular formula is C22H26N4OS2. The highest BCUT2D eigenvalue weighted by molar-refractivity contribution is 7.98. The molecule has 4 rings (SSSR count). The maximum Gasteiger partial charge on any atom is 0.248 e. The molecule has 2 heterocycles. The molecule has 1 saturated carbocycles. The van der Waals surface area contributed by atoms with Gasteiger partial charge < -0.3 is 10.3 Å². The number of carbonyl (C=O) groups is 1. The van der Waals surface area contributed by atoms with Crippen LogP contribution in [0.25, 0.3) is 10.6 Å². The molecule has 0 radical (unpaired) electrons. The average molecular weight is 427 g/mol. The van der Waals surface area contributed by atoms with E-state index in [1.807, 2.05) is 12.1 Å². The lowest BCUT2D eigenvalue weighted by Gasteiger charge is -2.26. The molecule has 1 aliphatic carbocycles. The van der Waals surface area contributed by atoms with Gasteiger partial charge in [0.25, 0.3) is 0 Å². The van der Waals surface area contributed by atoms with Crippen LogP contribution in [0.1, 0.15) is 65.6 Å². The molecule has 0 aliphatic heterocycles. The van der Waals surface area contributed by atoms with Gasteiger partial charge in [-0.05, 0) is 38.8 Å². The first-order valence-corrected chi connectivity index (χ1v) is 11.9. The number of carbonyl (C=O) groups excluding carboxylic acids is 1. The van der Waals surface area contributed by atoms with Crippen molar-refractivity contribution in [1.29, 1.82) is 0 Å². The van der Waals surface area contributed by atoms with Gasteiger partial charge in [-0.1, -0.05) is 43.2 Å². The Kier molecular flexibility index (Phi) is 6.06. The molecule has 0 atom stereocenters. The second-order valence-corrected chi connectivity index (χ2v) is 9.40. The molecule has 0 bridgehead atoms. The number of hydrogen-bond acceptors (Lipinski definition) is 5. The van der Waals surface area contributed by atoms with Crippen molar-refractivity contribution in [3.05, 3.63) is 52.3 Å². The van der Waals surface area contributed by atoms with Crippen molar-refractivity contribution in [2.45, 2.75) is 62.9 Å². The Bertz CT molecular complexity index is 1000. The van der Waals surface area contributed by atoms with Crippen LogP contribution in [-0.4, -0.2) is 20.4 Å². The molecule has 152 valence electrons. The number of aryl methyl sites for hydroxylation is 1. The largest absolute Gasteiger partial charge is 0.366 e. The number of primary amides is 1. The van der Waals surface area contributed by atoms with Crippen molar-refractivity contribution in [3.63, 3.8) is 0 Å². The van der Waals surface area contributed by atoms with Gasteiger partial charge in [-0.25, -0.2) is 9.97 Å². The van der Waals surface area contributed by atoms with Crippen LogP contribution in [0.5, 0.6) is 0 Å². The van der Waals surface area contributed by atoms with Gasteiger partial charge in [-0.15, -0.1) is 11.3 Å². The van der Waals surface area contributed by atoms with E-state index in [2.05, 4.69) is 23.8 Å². The van der Waals surface area contributed by atoms with Crippen molar-refractivity contribution in [1.82, 2.24) is 14.5 Å². The molecule has 5 nitrogen and oxygen atoms in total. The topological polar surface area (TPSA) is 73.8 Å². The zero-order chi connectivity index (χ0) is 20.4. The second kappa shape index (κ2) is 8.71. The molecule has 0 saturated heterocycles. The Morgan fingerprint density at radius 3 is 2.59 bits per heavy atom. The smallest absolute Gasteiger partial charge is 0.248 e. The van der Waals surface area contributed by atoms with Crippen LogP contribution in [0.2, 0.25) is 0 Å². The number of nitrogens with zero attached hydrogens (tertiary/aromatic N) is 3. The van der Waals surface area contributed by atoms with Gasteiger partial charge in [0.1, 0.15) is 5.01 Å². The van der Waals surface area contributed by atoms with Crippen molar-refractivity contribution in [2.24, 2.45) is 5.73 Å². The Morgan fingerprint density at radius 2 is 1.90 bits per heavy atom. The Labute approximate surface area is 179 Å². The number of hydrogen-bond donors (Lipinski definition) is 1. The van der Waals surface area contributed by atoms with Gasteiger partial charge in [0.15, 0.2) is 5.16 Å². The number of benzene rings is 1. The van der Waals surface area contributed by atoms with Crippen LogP contribution in [0.15, 0.2) is 34.8 Å². The Hall–Kier alpha value is -2.12. The van der Waals surface area contributed by atoms with Crippen LogP contribution in [0, 0.1) is 13.8 Å². The summed E-state index contributed by atoms with van der Waals surface area (Å²) in [6.45, 7) is 4.30. The first kappa shape index (κ1) is 20.2. The molecule has 7 heteroatoms. The van der Waals surface area contributed by atoms with E-state index in [-0.39, 0.29) is 0 Å². The first-order valence-electron chi connectivity index (χ1n) is 10.1. The van der Waals surface area contributed by atoms with Gasteiger partial charge in [-0.2, -0.15) is 0 Å². The molecule has 1 fully saturated rings. The summed E-state index contributed by atoms with van der Waals surface area (Å²) in [6.07, 6.45) is 6.50. The molecule has 0 spiro atoms. The molecule has 3 aromatic rings. The fraction of sp³-hybridized carbons (Fsp3) is 0.409. The summed E-state index contributed by atoms with van der Waals surface area (Å²) in [7, 11) is 0. The highest BCUT2D eigenvalue weighted by Gasteiger charge is 2.22. The zero-order valence-corrected chi connectivity index (χ0v) is 18.5. The van der Waals surface area contributed by atoms with Gasteiger partial charge in [-0.3, -0.25) is 4.79 Å². The van der Waals surface area contributed by atoms with Crippen molar-refractivity contribution >= 4 is 29.0 Å². The maximum atomic E-state index is 11.2. The molecule has 2 aromatic heterocycles. The molecule has 1 amide bonds.